The molecule has 3 nitrogen and oxygen atoms in total. The molecular formula is C15H10BrClN2O. The second-order valence-electron chi connectivity index (χ2n) is 4.06. The maximum absolute atomic E-state index is 12.2. The highest BCUT2D eigenvalue weighted by Gasteiger charge is 2.20. The highest BCUT2D eigenvalue weighted by Crippen LogP contribution is 2.30. The zero-order chi connectivity index (χ0) is 14.5. The van der Waals surface area contributed by atoms with Crippen molar-refractivity contribution in [1.29, 1.82) is 5.26 Å². The number of nitriles is 1. The summed E-state index contributed by atoms with van der Waals surface area (Å²) in [5.41, 5.74) is 1.20. The summed E-state index contributed by atoms with van der Waals surface area (Å²) in [5.74, 6) is -1.25. The van der Waals surface area contributed by atoms with Crippen molar-refractivity contribution < 1.29 is 4.79 Å². The summed E-state index contributed by atoms with van der Waals surface area (Å²) in [6, 6.07) is 16.1. The van der Waals surface area contributed by atoms with E-state index < -0.39 is 5.92 Å². The number of rotatable bonds is 3. The highest BCUT2D eigenvalue weighted by molar-refractivity contribution is 9.10. The molecule has 1 N–H and O–H groups in total. The molecule has 2 aromatic carbocycles. The van der Waals surface area contributed by atoms with Crippen LogP contribution in [0.3, 0.4) is 0 Å². The molecule has 100 valence electrons. The van der Waals surface area contributed by atoms with Gasteiger partial charge in [-0.25, -0.2) is 0 Å². The number of benzene rings is 2. The second-order valence-corrected chi connectivity index (χ2v) is 5.26. The standard InChI is InChI=1S/C15H10BrClN2O/c16-14-12(17)7-4-8-13(14)19-15(20)11(9-18)10-5-2-1-3-6-10/h1-8,11H,(H,19,20). The van der Waals surface area contributed by atoms with E-state index in [0.717, 1.165) is 0 Å². The summed E-state index contributed by atoms with van der Waals surface area (Å²) in [6.07, 6.45) is 0. The average molecular weight is 350 g/mol. The van der Waals surface area contributed by atoms with Crippen molar-refractivity contribution in [3.8, 4) is 6.07 Å². The van der Waals surface area contributed by atoms with Gasteiger partial charge in [0, 0.05) is 0 Å². The number of hydrogen-bond donors (Lipinski definition) is 1. The molecular weight excluding hydrogens is 340 g/mol. The summed E-state index contributed by atoms with van der Waals surface area (Å²) in [7, 11) is 0. The van der Waals surface area contributed by atoms with E-state index in [1.807, 2.05) is 12.1 Å². The van der Waals surface area contributed by atoms with Crippen LogP contribution in [0.4, 0.5) is 5.69 Å². The minimum absolute atomic E-state index is 0.387. The molecule has 2 rings (SSSR count). The van der Waals surface area contributed by atoms with Gasteiger partial charge < -0.3 is 5.32 Å². The Morgan fingerprint density at radius 3 is 2.55 bits per heavy atom. The molecule has 0 aromatic heterocycles. The van der Waals surface area contributed by atoms with Crippen LogP contribution in [0.1, 0.15) is 11.5 Å². The molecule has 5 heteroatoms. The maximum atomic E-state index is 12.2. The van der Waals surface area contributed by atoms with Gasteiger partial charge in [-0.15, -0.1) is 0 Å². The molecule has 2 aromatic rings. The Balaban J connectivity index is 2.23. The van der Waals surface area contributed by atoms with Crippen molar-refractivity contribution in [2.75, 3.05) is 5.32 Å². The maximum Gasteiger partial charge on any atom is 0.246 e. The van der Waals surface area contributed by atoms with E-state index >= 15 is 0 Å². The van der Waals surface area contributed by atoms with E-state index in [4.69, 9.17) is 11.6 Å². The molecule has 0 spiro atoms. The molecule has 0 saturated carbocycles. The number of anilines is 1. The van der Waals surface area contributed by atoms with Crippen molar-refractivity contribution in [1.82, 2.24) is 0 Å². The number of amides is 1. The summed E-state index contributed by atoms with van der Waals surface area (Å²) in [5, 5.41) is 12.4. The second kappa shape index (κ2) is 6.56. The number of halogens is 2. The summed E-state index contributed by atoms with van der Waals surface area (Å²) < 4.78 is 0.597. The molecule has 1 atom stereocenters. The predicted octanol–water partition coefficient (Wildman–Crippen LogP) is 4.35. The third-order valence-corrected chi connectivity index (χ3v) is 4.13. The van der Waals surface area contributed by atoms with Crippen molar-refractivity contribution in [3.63, 3.8) is 0 Å². The normalized spacial score (nSPS) is 11.4. The van der Waals surface area contributed by atoms with Gasteiger partial charge in [-0.2, -0.15) is 5.26 Å². The molecule has 0 radical (unpaired) electrons. The Bertz CT molecular complexity index is 667. The molecule has 20 heavy (non-hydrogen) atoms. The third-order valence-electron chi connectivity index (χ3n) is 2.73. The molecule has 1 amide bonds. The Morgan fingerprint density at radius 1 is 1.20 bits per heavy atom. The van der Waals surface area contributed by atoms with Gasteiger partial charge in [0.15, 0.2) is 5.92 Å². The number of carbonyl (C=O) groups is 1. The van der Waals surface area contributed by atoms with E-state index in [1.165, 1.54) is 0 Å². The number of carbonyl (C=O) groups excluding carboxylic acids is 1. The lowest BCUT2D eigenvalue weighted by molar-refractivity contribution is -0.116. The van der Waals surface area contributed by atoms with Crippen LogP contribution in [-0.4, -0.2) is 5.91 Å². The van der Waals surface area contributed by atoms with Crippen molar-refractivity contribution >= 4 is 39.1 Å². The minimum Gasteiger partial charge on any atom is -0.324 e. The number of hydrogen-bond acceptors (Lipinski definition) is 2. The molecule has 0 saturated heterocycles. The van der Waals surface area contributed by atoms with Crippen LogP contribution in [0.25, 0.3) is 0 Å². The molecule has 0 aliphatic carbocycles. The molecule has 0 fully saturated rings. The Hall–Kier alpha value is -1.83. The lowest BCUT2D eigenvalue weighted by atomic mass is 10.00. The lowest BCUT2D eigenvalue weighted by Gasteiger charge is -2.12. The summed E-state index contributed by atoms with van der Waals surface area (Å²) >= 11 is 9.27. The molecule has 0 aliphatic heterocycles. The Kier molecular flexibility index (Phi) is 4.78. The zero-order valence-electron chi connectivity index (χ0n) is 10.3. The monoisotopic (exact) mass is 348 g/mol. The quantitative estimate of drug-likeness (QED) is 0.895. The van der Waals surface area contributed by atoms with Gasteiger partial charge in [0.25, 0.3) is 0 Å². The van der Waals surface area contributed by atoms with Crippen LogP contribution in [0.5, 0.6) is 0 Å². The number of nitrogens with zero attached hydrogens (tertiary/aromatic N) is 1. The van der Waals surface area contributed by atoms with Gasteiger partial charge in [-0.3, -0.25) is 4.79 Å². The first-order valence-electron chi connectivity index (χ1n) is 5.83. The van der Waals surface area contributed by atoms with E-state index in [2.05, 4.69) is 21.2 Å². The van der Waals surface area contributed by atoms with Crippen molar-refractivity contribution in [3.05, 3.63) is 63.6 Å². The van der Waals surface area contributed by atoms with Gasteiger partial charge >= 0.3 is 0 Å². The van der Waals surface area contributed by atoms with E-state index in [0.29, 0.717) is 20.7 Å². The van der Waals surface area contributed by atoms with Gasteiger partial charge in [-0.1, -0.05) is 48.0 Å². The van der Waals surface area contributed by atoms with E-state index in [-0.39, 0.29) is 5.91 Å². The minimum atomic E-state index is -0.859. The first-order chi connectivity index (χ1) is 9.63. The highest BCUT2D eigenvalue weighted by atomic mass is 79.9. The average Bonchev–Trinajstić information content (AvgIpc) is 2.46. The molecule has 0 aliphatic rings. The van der Waals surface area contributed by atoms with Crippen molar-refractivity contribution in [2.45, 2.75) is 5.92 Å². The Morgan fingerprint density at radius 2 is 1.90 bits per heavy atom. The SMILES string of the molecule is N#CC(C(=O)Nc1cccc(Cl)c1Br)c1ccccc1. The molecule has 1 unspecified atom stereocenters. The number of nitrogens with one attached hydrogen (secondary N) is 1. The van der Waals surface area contributed by atoms with Gasteiger partial charge in [0.1, 0.15) is 0 Å². The zero-order valence-corrected chi connectivity index (χ0v) is 12.6. The van der Waals surface area contributed by atoms with Crippen LogP contribution in [0.2, 0.25) is 5.02 Å². The van der Waals surface area contributed by atoms with Gasteiger partial charge in [0.05, 0.1) is 21.3 Å². The molecule has 0 bridgehead atoms. The van der Waals surface area contributed by atoms with E-state index in [1.54, 1.807) is 42.5 Å². The van der Waals surface area contributed by atoms with Crippen LogP contribution < -0.4 is 5.32 Å². The van der Waals surface area contributed by atoms with E-state index in [9.17, 15) is 10.1 Å². The fourth-order valence-electron chi connectivity index (χ4n) is 1.74. The van der Waals surface area contributed by atoms with Crippen LogP contribution >= 0.6 is 27.5 Å². The fourth-order valence-corrected chi connectivity index (χ4v) is 2.27. The van der Waals surface area contributed by atoms with Gasteiger partial charge in [0.2, 0.25) is 5.91 Å². The third kappa shape index (κ3) is 3.19. The van der Waals surface area contributed by atoms with Crippen LogP contribution in [0.15, 0.2) is 53.0 Å². The largest absolute Gasteiger partial charge is 0.324 e. The van der Waals surface area contributed by atoms with Crippen molar-refractivity contribution in [2.24, 2.45) is 0 Å². The fraction of sp³-hybridized carbons (Fsp3) is 0.0667. The smallest absolute Gasteiger partial charge is 0.246 e. The topological polar surface area (TPSA) is 52.9 Å². The molecule has 0 heterocycles. The lowest BCUT2D eigenvalue weighted by Crippen LogP contribution is -2.20. The predicted molar refractivity (Wildman–Crippen MR) is 82.6 cm³/mol. The van der Waals surface area contributed by atoms with Gasteiger partial charge in [-0.05, 0) is 33.6 Å². The summed E-state index contributed by atoms with van der Waals surface area (Å²) in [4.78, 5) is 12.2. The first-order valence-corrected chi connectivity index (χ1v) is 7.00. The first kappa shape index (κ1) is 14.6. The summed E-state index contributed by atoms with van der Waals surface area (Å²) in [6.45, 7) is 0. The van der Waals surface area contributed by atoms with Crippen LogP contribution in [0, 0.1) is 11.3 Å². The van der Waals surface area contributed by atoms with Crippen LogP contribution in [-0.2, 0) is 4.79 Å². The Labute approximate surface area is 130 Å².